The summed E-state index contributed by atoms with van der Waals surface area (Å²) in [6.07, 6.45) is -1.51. The molecule has 5 rings (SSSR count). The number of nitrogens with one attached hydrogen (secondary N) is 1. The van der Waals surface area contributed by atoms with E-state index in [2.05, 4.69) is 29.2 Å². The lowest BCUT2D eigenvalue weighted by atomic mass is 10.1. The summed E-state index contributed by atoms with van der Waals surface area (Å²) >= 11 is 0. The standard InChI is InChI=1S/C23H24N2O4/c1-23(2)28-20-18(26-3)19(27-22(20)29-23)21-24-16(14-10-6-4-7-11-14)17(25-21)15-12-8-5-9-13-15/h4-13,18-20,22H,1-3H3,(H,24,25)/t18-,19?,20?,22?/m0/s1. The van der Waals surface area contributed by atoms with Crippen molar-refractivity contribution in [1.82, 2.24) is 9.97 Å². The Labute approximate surface area is 169 Å². The van der Waals surface area contributed by atoms with Crippen LogP contribution in [0.25, 0.3) is 22.5 Å². The highest BCUT2D eigenvalue weighted by Gasteiger charge is 2.56. The molecule has 2 aliphatic rings. The van der Waals surface area contributed by atoms with E-state index in [1.165, 1.54) is 0 Å². The number of aromatic nitrogens is 2. The number of methoxy groups -OCH3 is 1. The van der Waals surface area contributed by atoms with Gasteiger partial charge in [0.2, 0.25) is 0 Å². The molecule has 0 spiro atoms. The minimum atomic E-state index is -0.690. The predicted octanol–water partition coefficient (Wildman–Crippen LogP) is 4.31. The van der Waals surface area contributed by atoms with E-state index >= 15 is 0 Å². The van der Waals surface area contributed by atoms with E-state index in [1.54, 1.807) is 7.11 Å². The SMILES string of the molecule is CO[C@H]1C(c2nc(-c3ccccc3)c(-c3ccccc3)[nH]2)OC2OC(C)(C)OC21. The highest BCUT2D eigenvalue weighted by Crippen LogP contribution is 2.45. The van der Waals surface area contributed by atoms with Crippen molar-refractivity contribution in [3.8, 4) is 22.5 Å². The van der Waals surface area contributed by atoms with Gasteiger partial charge >= 0.3 is 0 Å². The fourth-order valence-electron chi connectivity index (χ4n) is 4.10. The predicted molar refractivity (Wildman–Crippen MR) is 108 cm³/mol. The second-order valence-corrected chi connectivity index (χ2v) is 7.80. The van der Waals surface area contributed by atoms with Gasteiger partial charge in [-0.25, -0.2) is 4.98 Å². The molecule has 1 aromatic heterocycles. The molecule has 0 saturated carbocycles. The molecule has 150 valence electrons. The molecule has 3 heterocycles. The number of hydrogen-bond donors (Lipinski definition) is 1. The molecule has 29 heavy (non-hydrogen) atoms. The lowest BCUT2D eigenvalue weighted by Gasteiger charge is -2.23. The average molecular weight is 392 g/mol. The number of nitrogens with zero attached hydrogens (tertiary/aromatic N) is 1. The number of aromatic amines is 1. The Morgan fingerprint density at radius 2 is 1.59 bits per heavy atom. The van der Waals surface area contributed by atoms with Gasteiger partial charge in [0.25, 0.3) is 0 Å². The first-order valence-corrected chi connectivity index (χ1v) is 9.80. The number of fused-ring (bicyclic) bond motifs is 1. The third kappa shape index (κ3) is 3.28. The molecule has 0 amide bonds. The highest BCUT2D eigenvalue weighted by molar-refractivity contribution is 5.78. The maximum atomic E-state index is 6.18. The second kappa shape index (κ2) is 7.07. The Kier molecular flexibility index (Phi) is 4.52. The monoisotopic (exact) mass is 392 g/mol. The lowest BCUT2D eigenvalue weighted by molar-refractivity contribution is -0.218. The first-order chi connectivity index (χ1) is 14.1. The number of benzene rings is 2. The van der Waals surface area contributed by atoms with Gasteiger partial charge in [-0.2, -0.15) is 0 Å². The molecule has 0 bridgehead atoms. The van der Waals surface area contributed by atoms with Crippen molar-refractivity contribution in [3.05, 3.63) is 66.5 Å². The molecule has 2 saturated heterocycles. The zero-order chi connectivity index (χ0) is 20.0. The van der Waals surface area contributed by atoms with Crippen molar-refractivity contribution >= 4 is 0 Å². The van der Waals surface area contributed by atoms with Crippen LogP contribution in [0.15, 0.2) is 60.7 Å². The fourth-order valence-corrected chi connectivity index (χ4v) is 4.10. The minimum absolute atomic E-state index is 0.301. The quantitative estimate of drug-likeness (QED) is 0.717. The Morgan fingerprint density at radius 3 is 2.24 bits per heavy atom. The summed E-state index contributed by atoms with van der Waals surface area (Å²) in [7, 11) is 1.66. The molecule has 6 nitrogen and oxygen atoms in total. The minimum Gasteiger partial charge on any atom is -0.375 e. The molecule has 0 aliphatic carbocycles. The number of H-pyrrole nitrogens is 1. The van der Waals surface area contributed by atoms with Gasteiger partial charge in [0.15, 0.2) is 12.1 Å². The van der Waals surface area contributed by atoms with E-state index in [9.17, 15) is 0 Å². The summed E-state index contributed by atoms with van der Waals surface area (Å²) in [5.74, 6) is 0.0129. The summed E-state index contributed by atoms with van der Waals surface area (Å²) in [6, 6.07) is 20.3. The molecule has 3 unspecified atom stereocenters. The summed E-state index contributed by atoms with van der Waals surface area (Å²) in [5.41, 5.74) is 3.93. The Bertz CT molecular complexity index is 930. The Hall–Kier alpha value is -2.51. The molecule has 1 N–H and O–H groups in total. The summed E-state index contributed by atoms with van der Waals surface area (Å²) in [5, 5.41) is 0. The molecule has 4 atom stereocenters. The fraction of sp³-hybridized carbons (Fsp3) is 0.348. The summed E-state index contributed by atoms with van der Waals surface area (Å²) in [6.45, 7) is 3.76. The van der Waals surface area contributed by atoms with Gasteiger partial charge in [0.1, 0.15) is 24.1 Å². The van der Waals surface area contributed by atoms with E-state index in [4.69, 9.17) is 23.9 Å². The van der Waals surface area contributed by atoms with Gasteiger partial charge in [0, 0.05) is 18.2 Å². The number of hydrogen-bond acceptors (Lipinski definition) is 5. The zero-order valence-electron chi connectivity index (χ0n) is 16.7. The van der Waals surface area contributed by atoms with Crippen LogP contribution < -0.4 is 0 Å². The first kappa shape index (κ1) is 18.5. The third-order valence-corrected chi connectivity index (χ3v) is 5.36. The van der Waals surface area contributed by atoms with Crippen molar-refractivity contribution in [1.29, 1.82) is 0 Å². The van der Waals surface area contributed by atoms with Crippen LogP contribution in [0.5, 0.6) is 0 Å². The van der Waals surface area contributed by atoms with E-state index in [1.807, 2.05) is 50.2 Å². The second-order valence-electron chi connectivity index (χ2n) is 7.80. The van der Waals surface area contributed by atoms with Gasteiger partial charge in [-0.05, 0) is 13.8 Å². The van der Waals surface area contributed by atoms with Crippen molar-refractivity contribution < 1.29 is 18.9 Å². The van der Waals surface area contributed by atoms with E-state index in [0.717, 1.165) is 22.5 Å². The van der Waals surface area contributed by atoms with Crippen LogP contribution in [0.1, 0.15) is 25.8 Å². The Balaban J connectivity index is 1.56. The normalized spacial score (nSPS) is 27.8. The van der Waals surface area contributed by atoms with Gasteiger partial charge in [-0.15, -0.1) is 0 Å². The van der Waals surface area contributed by atoms with Crippen LogP contribution in [0.2, 0.25) is 0 Å². The van der Waals surface area contributed by atoms with Gasteiger partial charge in [0.05, 0.1) is 11.4 Å². The Morgan fingerprint density at radius 1 is 0.931 bits per heavy atom. The van der Waals surface area contributed by atoms with Crippen molar-refractivity contribution in [2.75, 3.05) is 7.11 Å². The van der Waals surface area contributed by atoms with Crippen LogP contribution in [-0.4, -0.2) is 41.4 Å². The molecule has 2 aliphatic heterocycles. The summed E-state index contributed by atoms with van der Waals surface area (Å²) in [4.78, 5) is 8.41. The molecule has 0 radical (unpaired) electrons. The number of ether oxygens (including phenoxy) is 4. The lowest BCUT2D eigenvalue weighted by Crippen LogP contribution is -2.33. The van der Waals surface area contributed by atoms with E-state index < -0.39 is 18.2 Å². The van der Waals surface area contributed by atoms with Gasteiger partial charge in [-0.1, -0.05) is 60.7 Å². The number of imidazole rings is 1. The largest absolute Gasteiger partial charge is 0.375 e. The molecular weight excluding hydrogens is 368 g/mol. The topological polar surface area (TPSA) is 65.6 Å². The zero-order valence-corrected chi connectivity index (χ0v) is 16.7. The molecular formula is C23H24N2O4. The van der Waals surface area contributed by atoms with Crippen molar-refractivity contribution in [2.45, 2.75) is 44.2 Å². The molecule has 3 aromatic rings. The van der Waals surface area contributed by atoms with Crippen LogP contribution >= 0.6 is 0 Å². The maximum absolute atomic E-state index is 6.18. The van der Waals surface area contributed by atoms with Crippen LogP contribution in [0.4, 0.5) is 0 Å². The summed E-state index contributed by atoms with van der Waals surface area (Å²) < 4.78 is 23.9. The van der Waals surface area contributed by atoms with Crippen molar-refractivity contribution in [3.63, 3.8) is 0 Å². The van der Waals surface area contributed by atoms with Crippen LogP contribution in [0.3, 0.4) is 0 Å². The number of rotatable bonds is 4. The average Bonchev–Trinajstić information content (AvgIpc) is 3.39. The van der Waals surface area contributed by atoms with Gasteiger partial charge in [-0.3, -0.25) is 0 Å². The van der Waals surface area contributed by atoms with Crippen LogP contribution in [-0.2, 0) is 18.9 Å². The molecule has 6 heteroatoms. The van der Waals surface area contributed by atoms with Crippen LogP contribution in [0, 0.1) is 0 Å². The molecule has 2 aromatic carbocycles. The van der Waals surface area contributed by atoms with Gasteiger partial charge < -0.3 is 23.9 Å². The van der Waals surface area contributed by atoms with Crippen molar-refractivity contribution in [2.24, 2.45) is 0 Å². The maximum Gasteiger partial charge on any atom is 0.190 e. The molecule has 2 fully saturated rings. The third-order valence-electron chi connectivity index (χ3n) is 5.36. The highest BCUT2D eigenvalue weighted by atomic mass is 16.8. The smallest absolute Gasteiger partial charge is 0.190 e. The van der Waals surface area contributed by atoms with E-state index in [-0.39, 0.29) is 12.2 Å². The van der Waals surface area contributed by atoms with E-state index in [0.29, 0.717) is 5.82 Å². The first-order valence-electron chi connectivity index (χ1n) is 9.80.